The van der Waals surface area contributed by atoms with Gasteiger partial charge in [0, 0.05) is 11.8 Å². The van der Waals surface area contributed by atoms with Crippen LogP contribution in [0, 0.1) is 0 Å². The largest absolute Gasteiger partial charge is 0.504 e. The molecule has 0 saturated carbocycles. The molecule has 2 aromatic heterocycles. The van der Waals surface area contributed by atoms with Gasteiger partial charge < -0.3 is 9.84 Å². The second-order valence-electron chi connectivity index (χ2n) is 7.61. The molecule has 0 fully saturated rings. The zero-order valence-electron chi connectivity index (χ0n) is 17.2. The van der Waals surface area contributed by atoms with Crippen molar-refractivity contribution < 1.29 is 23.0 Å². The summed E-state index contributed by atoms with van der Waals surface area (Å²) < 4.78 is 46.5. The summed E-state index contributed by atoms with van der Waals surface area (Å²) in [5, 5.41) is 10.3. The molecule has 0 aliphatic heterocycles. The molecule has 0 saturated heterocycles. The molecule has 0 aliphatic carbocycles. The summed E-state index contributed by atoms with van der Waals surface area (Å²) in [6, 6.07) is 13.9. The van der Waals surface area contributed by atoms with Gasteiger partial charge in [0.05, 0.1) is 24.1 Å². The van der Waals surface area contributed by atoms with E-state index in [0.29, 0.717) is 22.5 Å². The average Bonchev–Trinajstić information content (AvgIpc) is 3.12. The molecule has 7 heteroatoms. The summed E-state index contributed by atoms with van der Waals surface area (Å²) >= 11 is 0. The molecule has 1 N–H and O–H groups in total. The number of alkyl halides is 3. The number of phenolic OH excluding ortho intramolecular Hbond substituents is 1. The lowest BCUT2D eigenvalue weighted by molar-refractivity contribution is -0.137. The molecule has 31 heavy (non-hydrogen) atoms. The van der Waals surface area contributed by atoms with Gasteiger partial charge in [-0.2, -0.15) is 13.2 Å². The standard InChI is InChI=1S/C24H21F3N2O2/c1-14(2)22-23(16-7-9-20(31-3)19(30)12-16)29-13-17(8-10-21(29)28-22)15-5-4-6-18(11-15)24(25,26)27/h4-14,30H,1-3H3. The summed E-state index contributed by atoms with van der Waals surface area (Å²) in [5.74, 6) is 0.447. The van der Waals surface area contributed by atoms with Gasteiger partial charge in [0.25, 0.3) is 0 Å². The minimum Gasteiger partial charge on any atom is -0.504 e. The number of ether oxygens (including phenoxy) is 1. The van der Waals surface area contributed by atoms with Crippen LogP contribution in [0.3, 0.4) is 0 Å². The highest BCUT2D eigenvalue weighted by atomic mass is 19.4. The van der Waals surface area contributed by atoms with Gasteiger partial charge in [0.1, 0.15) is 5.65 Å². The maximum Gasteiger partial charge on any atom is 0.416 e. The molecule has 0 aliphatic rings. The van der Waals surface area contributed by atoms with Crippen LogP contribution in [0.25, 0.3) is 28.0 Å². The third kappa shape index (κ3) is 3.83. The van der Waals surface area contributed by atoms with E-state index in [-0.39, 0.29) is 11.7 Å². The van der Waals surface area contributed by atoms with E-state index in [4.69, 9.17) is 9.72 Å². The van der Waals surface area contributed by atoms with Gasteiger partial charge in [-0.15, -0.1) is 0 Å². The number of phenols is 1. The molecular formula is C24H21F3N2O2. The highest BCUT2D eigenvalue weighted by molar-refractivity contribution is 5.73. The highest BCUT2D eigenvalue weighted by Crippen LogP contribution is 2.37. The minimum atomic E-state index is -4.41. The maximum atomic E-state index is 13.2. The number of aromatic nitrogens is 2. The van der Waals surface area contributed by atoms with E-state index in [1.54, 1.807) is 36.5 Å². The Bertz CT molecular complexity index is 1260. The Morgan fingerprint density at radius 3 is 2.35 bits per heavy atom. The van der Waals surface area contributed by atoms with Crippen molar-refractivity contribution in [3.05, 3.63) is 72.1 Å². The Morgan fingerprint density at radius 2 is 1.71 bits per heavy atom. The molecular weight excluding hydrogens is 405 g/mol. The van der Waals surface area contributed by atoms with Crippen LogP contribution < -0.4 is 4.74 Å². The fourth-order valence-corrected chi connectivity index (χ4v) is 3.64. The quantitative estimate of drug-likeness (QED) is 0.404. The summed E-state index contributed by atoms with van der Waals surface area (Å²) in [4.78, 5) is 4.72. The number of methoxy groups -OCH3 is 1. The number of hydrogen-bond donors (Lipinski definition) is 1. The molecule has 0 unspecified atom stereocenters. The van der Waals surface area contributed by atoms with Crippen molar-refractivity contribution in [3.8, 4) is 33.9 Å². The Labute approximate surface area is 177 Å². The van der Waals surface area contributed by atoms with E-state index in [9.17, 15) is 18.3 Å². The van der Waals surface area contributed by atoms with Gasteiger partial charge >= 0.3 is 6.18 Å². The zero-order valence-corrected chi connectivity index (χ0v) is 17.2. The predicted octanol–water partition coefficient (Wildman–Crippen LogP) is 6.52. The molecule has 0 atom stereocenters. The van der Waals surface area contributed by atoms with Gasteiger partial charge in [-0.25, -0.2) is 4.98 Å². The number of hydrogen-bond acceptors (Lipinski definition) is 3. The Hall–Kier alpha value is -3.48. The lowest BCUT2D eigenvalue weighted by Gasteiger charge is -2.12. The van der Waals surface area contributed by atoms with Gasteiger partial charge in [-0.05, 0) is 59.5 Å². The van der Waals surface area contributed by atoms with Crippen molar-refractivity contribution in [2.75, 3.05) is 7.11 Å². The molecule has 4 aromatic rings. The van der Waals surface area contributed by atoms with Gasteiger partial charge in [0.2, 0.25) is 0 Å². The SMILES string of the molecule is COc1ccc(-c2c(C(C)C)nc3ccc(-c4cccc(C(F)(F)F)c4)cn23)cc1O. The van der Waals surface area contributed by atoms with E-state index in [2.05, 4.69) is 0 Å². The van der Waals surface area contributed by atoms with Crippen LogP contribution in [0.1, 0.15) is 31.0 Å². The van der Waals surface area contributed by atoms with Crippen molar-refractivity contribution in [2.24, 2.45) is 0 Å². The van der Waals surface area contributed by atoms with Gasteiger partial charge in [-0.1, -0.05) is 26.0 Å². The first-order chi connectivity index (χ1) is 14.7. The lowest BCUT2D eigenvalue weighted by Crippen LogP contribution is -2.04. The topological polar surface area (TPSA) is 46.8 Å². The first-order valence-corrected chi connectivity index (χ1v) is 9.76. The lowest BCUT2D eigenvalue weighted by atomic mass is 10.0. The molecule has 0 radical (unpaired) electrons. The average molecular weight is 426 g/mol. The molecule has 2 heterocycles. The monoisotopic (exact) mass is 426 g/mol. The highest BCUT2D eigenvalue weighted by Gasteiger charge is 2.30. The number of rotatable bonds is 4. The first-order valence-electron chi connectivity index (χ1n) is 9.76. The molecule has 4 nitrogen and oxygen atoms in total. The van der Waals surface area contributed by atoms with Crippen molar-refractivity contribution in [1.82, 2.24) is 9.38 Å². The minimum absolute atomic E-state index is 0.00121. The van der Waals surface area contributed by atoms with E-state index >= 15 is 0 Å². The van der Waals surface area contributed by atoms with Crippen LogP contribution in [-0.4, -0.2) is 21.6 Å². The van der Waals surface area contributed by atoms with E-state index in [0.717, 1.165) is 29.1 Å². The van der Waals surface area contributed by atoms with E-state index in [1.165, 1.54) is 13.2 Å². The van der Waals surface area contributed by atoms with Crippen molar-refractivity contribution >= 4 is 5.65 Å². The molecule has 0 bridgehead atoms. The molecule has 0 amide bonds. The van der Waals surface area contributed by atoms with Gasteiger partial charge in [-0.3, -0.25) is 4.40 Å². The van der Waals surface area contributed by atoms with Crippen molar-refractivity contribution in [3.63, 3.8) is 0 Å². The van der Waals surface area contributed by atoms with E-state index < -0.39 is 11.7 Å². The normalized spacial score (nSPS) is 12.0. The number of pyridine rings is 1. The van der Waals surface area contributed by atoms with Crippen molar-refractivity contribution in [2.45, 2.75) is 25.9 Å². The van der Waals surface area contributed by atoms with Crippen LogP contribution >= 0.6 is 0 Å². The second kappa shape index (κ2) is 7.65. The molecule has 160 valence electrons. The molecule has 0 spiro atoms. The number of aromatic hydroxyl groups is 1. The number of nitrogens with zero attached hydrogens (tertiary/aromatic N) is 2. The van der Waals surface area contributed by atoms with Crippen LogP contribution in [0.2, 0.25) is 0 Å². The van der Waals surface area contributed by atoms with Gasteiger partial charge in [0.15, 0.2) is 11.5 Å². The second-order valence-corrected chi connectivity index (χ2v) is 7.61. The van der Waals surface area contributed by atoms with E-state index in [1.807, 2.05) is 24.3 Å². The fraction of sp³-hybridized carbons (Fsp3) is 0.208. The number of fused-ring (bicyclic) bond motifs is 1. The number of halogens is 3. The van der Waals surface area contributed by atoms with Crippen LogP contribution in [0.5, 0.6) is 11.5 Å². The number of benzene rings is 2. The number of imidazole rings is 1. The third-order valence-corrected chi connectivity index (χ3v) is 5.17. The third-order valence-electron chi connectivity index (χ3n) is 5.17. The Balaban J connectivity index is 1.92. The maximum absolute atomic E-state index is 13.2. The molecule has 2 aromatic carbocycles. The Morgan fingerprint density at radius 1 is 0.968 bits per heavy atom. The summed E-state index contributed by atoms with van der Waals surface area (Å²) in [6.45, 7) is 4.03. The smallest absolute Gasteiger partial charge is 0.416 e. The summed E-state index contributed by atoms with van der Waals surface area (Å²) in [6.07, 6.45) is -2.63. The van der Waals surface area contributed by atoms with Crippen LogP contribution in [0.15, 0.2) is 60.8 Å². The Kier molecular flexibility index (Phi) is 5.13. The molecule has 4 rings (SSSR count). The van der Waals surface area contributed by atoms with Crippen molar-refractivity contribution in [1.29, 1.82) is 0 Å². The first kappa shape index (κ1) is 20.8. The summed E-state index contributed by atoms with van der Waals surface area (Å²) in [5.41, 5.74) is 3.40. The van der Waals surface area contributed by atoms with Crippen LogP contribution in [0.4, 0.5) is 13.2 Å². The summed E-state index contributed by atoms with van der Waals surface area (Å²) in [7, 11) is 1.48. The fourth-order valence-electron chi connectivity index (χ4n) is 3.64. The van der Waals surface area contributed by atoms with Crippen LogP contribution in [-0.2, 0) is 6.18 Å². The zero-order chi connectivity index (χ0) is 22.3. The predicted molar refractivity (Wildman–Crippen MR) is 113 cm³/mol.